The number of aromatic amines is 1. The Morgan fingerprint density at radius 3 is 3.00 bits per heavy atom. The summed E-state index contributed by atoms with van der Waals surface area (Å²) < 4.78 is 0. The van der Waals surface area contributed by atoms with E-state index in [1.54, 1.807) is 6.20 Å². The van der Waals surface area contributed by atoms with E-state index < -0.39 is 0 Å². The molecule has 21 heavy (non-hydrogen) atoms. The predicted octanol–water partition coefficient (Wildman–Crippen LogP) is 1.97. The molecule has 0 radical (unpaired) electrons. The number of carbonyl (C=O) groups excluding carboxylic acids is 1. The zero-order chi connectivity index (χ0) is 14.7. The minimum Gasteiger partial charge on any atom is -0.352 e. The molecule has 0 spiro atoms. The van der Waals surface area contributed by atoms with Gasteiger partial charge in [-0.2, -0.15) is 5.10 Å². The number of likely N-dealkylation sites (tertiary alicyclic amines) is 1. The minimum atomic E-state index is 0.0138. The highest BCUT2D eigenvalue weighted by molar-refractivity contribution is 5.95. The fraction of sp³-hybridized carbons (Fsp3) is 0.750. The van der Waals surface area contributed by atoms with Gasteiger partial charge in [-0.1, -0.05) is 19.8 Å². The van der Waals surface area contributed by atoms with Crippen LogP contribution in [-0.2, 0) is 6.42 Å². The second kappa shape index (κ2) is 6.60. The van der Waals surface area contributed by atoms with E-state index in [1.165, 1.54) is 38.6 Å². The van der Waals surface area contributed by atoms with Gasteiger partial charge in [0.1, 0.15) is 0 Å². The van der Waals surface area contributed by atoms with Gasteiger partial charge in [-0.25, -0.2) is 0 Å². The number of aromatic nitrogens is 2. The molecule has 2 heterocycles. The molecule has 2 aliphatic rings. The maximum atomic E-state index is 12.2. The van der Waals surface area contributed by atoms with Crippen LogP contribution in [0.2, 0.25) is 0 Å². The summed E-state index contributed by atoms with van der Waals surface area (Å²) in [6.07, 6.45) is 9.17. The van der Waals surface area contributed by atoms with Crippen molar-refractivity contribution in [3.8, 4) is 0 Å². The molecular formula is C16H26N4O. The van der Waals surface area contributed by atoms with E-state index in [4.69, 9.17) is 0 Å². The Bertz CT molecular complexity index is 478. The number of aryl methyl sites for hydroxylation is 1. The molecule has 1 aromatic rings. The van der Waals surface area contributed by atoms with Gasteiger partial charge in [-0.05, 0) is 38.1 Å². The summed E-state index contributed by atoms with van der Waals surface area (Å²) in [4.78, 5) is 14.8. The van der Waals surface area contributed by atoms with E-state index in [9.17, 15) is 4.79 Å². The van der Waals surface area contributed by atoms with E-state index >= 15 is 0 Å². The highest BCUT2D eigenvalue weighted by Crippen LogP contribution is 2.28. The van der Waals surface area contributed by atoms with Crippen molar-refractivity contribution in [1.82, 2.24) is 20.4 Å². The molecule has 1 aliphatic heterocycles. The first kappa shape index (κ1) is 14.6. The Balaban J connectivity index is 1.46. The largest absolute Gasteiger partial charge is 0.352 e. The van der Waals surface area contributed by atoms with Crippen LogP contribution in [0.4, 0.5) is 0 Å². The highest BCUT2D eigenvalue weighted by atomic mass is 16.1. The van der Waals surface area contributed by atoms with Crippen LogP contribution in [0.15, 0.2) is 6.20 Å². The molecule has 0 bridgehead atoms. The summed E-state index contributed by atoms with van der Waals surface area (Å²) in [5, 5.41) is 9.94. The molecule has 5 heteroatoms. The SMILES string of the molecule is CCc1[nH]ncc1C(=O)NC[C@@H]1CCN(C2CCCC2)C1. The van der Waals surface area contributed by atoms with E-state index in [2.05, 4.69) is 20.4 Å². The third-order valence-electron chi connectivity index (χ3n) is 5.03. The van der Waals surface area contributed by atoms with E-state index in [-0.39, 0.29) is 5.91 Å². The first-order valence-corrected chi connectivity index (χ1v) is 8.32. The van der Waals surface area contributed by atoms with Crippen molar-refractivity contribution in [1.29, 1.82) is 0 Å². The average molecular weight is 290 g/mol. The van der Waals surface area contributed by atoms with Crippen molar-refractivity contribution in [2.75, 3.05) is 19.6 Å². The van der Waals surface area contributed by atoms with Crippen LogP contribution in [0, 0.1) is 5.92 Å². The first-order chi connectivity index (χ1) is 10.3. The lowest BCUT2D eigenvalue weighted by Crippen LogP contribution is -2.34. The molecule has 1 aliphatic carbocycles. The van der Waals surface area contributed by atoms with Crippen LogP contribution >= 0.6 is 0 Å². The standard InChI is InChI=1S/C16H26N4O/c1-2-15-14(10-18-19-15)16(21)17-9-12-7-8-20(11-12)13-5-3-4-6-13/h10,12-13H,2-9,11H2,1H3,(H,17,21)(H,18,19)/t12-/m0/s1. The lowest BCUT2D eigenvalue weighted by Gasteiger charge is -2.23. The summed E-state index contributed by atoms with van der Waals surface area (Å²) in [6.45, 7) is 5.17. The molecular weight excluding hydrogens is 264 g/mol. The maximum absolute atomic E-state index is 12.2. The smallest absolute Gasteiger partial charge is 0.254 e. The Labute approximate surface area is 126 Å². The van der Waals surface area contributed by atoms with E-state index in [0.717, 1.165) is 31.2 Å². The molecule has 5 nitrogen and oxygen atoms in total. The Morgan fingerprint density at radius 1 is 1.43 bits per heavy atom. The fourth-order valence-electron chi connectivity index (χ4n) is 3.74. The molecule has 0 unspecified atom stereocenters. The second-order valence-corrected chi connectivity index (χ2v) is 6.41. The van der Waals surface area contributed by atoms with Gasteiger partial charge in [0.2, 0.25) is 0 Å². The lowest BCUT2D eigenvalue weighted by molar-refractivity contribution is 0.0946. The van der Waals surface area contributed by atoms with Crippen LogP contribution < -0.4 is 5.32 Å². The van der Waals surface area contributed by atoms with Gasteiger partial charge in [-0.15, -0.1) is 0 Å². The molecule has 2 fully saturated rings. The number of hydrogen-bond donors (Lipinski definition) is 2. The molecule has 1 atom stereocenters. The molecule has 3 rings (SSSR count). The zero-order valence-electron chi connectivity index (χ0n) is 12.9. The van der Waals surface area contributed by atoms with Crippen molar-refractivity contribution in [3.05, 3.63) is 17.5 Å². The van der Waals surface area contributed by atoms with Gasteiger partial charge in [0.25, 0.3) is 5.91 Å². The Morgan fingerprint density at radius 2 is 2.24 bits per heavy atom. The van der Waals surface area contributed by atoms with Crippen LogP contribution in [-0.4, -0.2) is 46.7 Å². The molecule has 2 N–H and O–H groups in total. The van der Waals surface area contributed by atoms with E-state index in [1.807, 2.05) is 6.92 Å². The summed E-state index contributed by atoms with van der Waals surface area (Å²) in [7, 11) is 0. The molecule has 1 aromatic heterocycles. The van der Waals surface area contributed by atoms with Crippen LogP contribution in [0.25, 0.3) is 0 Å². The van der Waals surface area contributed by atoms with Crippen LogP contribution in [0.5, 0.6) is 0 Å². The molecule has 1 saturated carbocycles. The average Bonchev–Trinajstić information content (AvgIpc) is 3.24. The number of rotatable bonds is 5. The van der Waals surface area contributed by atoms with Gasteiger partial charge >= 0.3 is 0 Å². The molecule has 0 aromatic carbocycles. The molecule has 1 amide bonds. The number of nitrogens with zero attached hydrogens (tertiary/aromatic N) is 2. The molecule has 116 valence electrons. The van der Waals surface area contributed by atoms with Crippen molar-refractivity contribution in [3.63, 3.8) is 0 Å². The third kappa shape index (κ3) is 3.28. The van der Waals surface area contributed by atoms with E-state index in [0.29, 0.717) is 11.5 Å². The summed E-state index contributed by atoms with van der Waals surface area (Å²) in [5.41, 5.74) is 1.62. The van der Waals surface area contributed by atoms with Gasteiger partial charge in [0.05, 0.1) is 11.8 Å². The van der Waals surface area contributed by atoms with Crippen molar-refractivity contribution >= 4 is 5.91 Å². The number of amides is 1. The monoisotopic (exact) mass is 290 g/mol. The summed E-state index contributed by atoms with van der Waals surface area (Å²) in [6, 6.07) is 0.811. The van der Waals surface area contributed by atoms with Crippen molar-refractivity contribution in [2.45, 2.75) is 51.5 Å². The summed E-state index contributed by atoms with van der Waals surface area (Å²) >= 11 is 0. The topological polar surface area (TPSA) is 61.0 Å². The summed E-state index contributed by atoms with van der Waals surface area (Å²) in [5.74, 6) is 0.617. The third-order valence-corrected chi connectivity index (χ3v) is 5.03. The number of H-pyrrole nitrogens is 1. The number of hydrogen-bond acceptors (Lipinski definition) is 3. The zero-order valence-corrected chi connectivity index (χ0v) is 12.9. The van der Waals surface area contributed by atoms with Gasteiger partial charge in [-0.3, -0.25) is 9.89 Å². The Kier molecular flexibility index (Phi) is 4.58. The maximum Gasteiger partial charge on any atom is 0.254 e. The van der Waals surface area contributed by atoms with Gasteiger partial charge in [0.15, 0.2) is 0 Å². The minimum absolute atomic E-state index is 0.0138. The number of carbonyl (C=O) groups is 1. The fourth-order valence-corrected chi connectivity index (χ4v) is 3.74. The second-order valence-electron chi connectivity index (χ2n) is 6.41. The van der Waals surface area contributed by atoms with Crippen molar-refractivity contribution in [2.24, 2.45) is 5.92 Å². The first-order valence-electron chi connectivity index (χ1n) is 8.32. The molecule has 1 saturated heterocycles. The Hall–Kier alpha value is -1.36. The van der Waals surface area contributed by atoms with Gasteiger partial charge < -0.3 is 10.2 Å². The van der Waals surface area contributed by atoms with Crippen molar-refractivity contribution < 1.29 is 4.79 Å². The lowest BCUT2D eigenvalue weighted by atomic mass is 10.1. The van der Waals surface area contributed by atoms with Gasteiger partial charge in [0, 0.05) is 24.8 Å². The van der Waals surface area contributed by atoms with Crippen LogP contribution in [0.1, 0.15) is 55.1 Å². The highest BCUT2D eigenvalue weighted by Gasteiger charge is 2.30. The van der Waals surface area contributed by atoms with Crippen LogP contribution in [0.3, 0.4) is 0 Å². The normalized spacial score (nSPS) is 23.8. The predicted molar refractivity (Wildman–Crippen MR) is 82.2 cm³/mol. The number of nitrogens with one attached hydrogen (secondary N) is 2. The quantitative estimate of drug-likeness (QED) is 0.871.